The number of halogens is 3. The molecule has 0 fully saturated rings. The molecule has 0 unspecified atom stereocenters. The highest BCUT2D eigenvalue weighted by Crippen LogP contribution is 2.23. The van der Waals surface area contributed by atoms with Crippen molar-refractivity contribution >= 4 is 21.6 Å². The van der Waals surface area contributed by atoms with E-state index in [0.717, 1.165) is 0 Å². The highest BCUT2D eigenvalue weighted by Gasteiger charge is 2.11. The van der Waals surface area contributed by atoms with Gasteiger partial charge in [-0.2, -0.15) is 0 Å². The molecular formula is C10H9BrF2N4. The number of nitrogens with zero attached hydrogens (tertiary/aromatic N) is 3. The molecule has 0 spiro atoms. The first-order chi connectivity index (χ1) is 8.08. The minimum Gasteiger partial charge on any atom is -0.373 e. The van der Waals surface area contributed by atoms with Gasteiger partial charge in [-0.1, -0.05) is 15.9 Å². The van der Waals surface area contributed by atoms with Gasteiger partial charge in [-0.3, -0.25) is 0 Å². The van der Waals surface area contributed by atoms with E-state index in [-0.39, 0.29) is 12.2 Å². The number of hydrogen-bond acceptors (Lipinski definition) is 3. The molecule has 1 heterocycles. The molecule has 1 aromatic carbocycles. The zero-order valence-electron chi connectivity index (χ0n) is 8.91. The monoisotopic (exact) mass is 302 g/mol. The summed E-state index contributed by atoms with van der Waals surface area (Å²) in [5.74, 6) is -0.718. The third kappa shape index (κ3) is 2.60. The Morgan fingerprint density at radius 1 is 1.35 bits per heavy atom. The molecule has 0 amide bonds. The molecule has 1 aromatic heterocycles. The van der Waals surface area contributed by atoms with E-state index in [1.807, 2.05) is 0 Å². The summed E-state index contributed by atoms with van der Waals surface area (Å²) >= 11 is 3.01. The van der Waals surface area contributed by atoms with Crippen LogP contribution in [-0.2, 0) is 13.6 Å². The van der Waals surface area contributed by atoms with Crippen molar-refractivity contribution in [1.29, 1.82) is 0 Å². The summed E-state index contributed by atoms with van der Waals surface area (Å²) in [5.41, 5.74) is -0.170. The van der Waals surface area contributed by atoms with Gasteiger partial charge in [0, 0.05) is 11.5 Å². The first-order valence-electron chi connectivity index (χ1n) is 4.79. The van der Waals surface area contributed by atoms with E-state index in [0.29, 0.717) is 10.3 Å². The second-order valence-corrected chi connectivity index (χ2v) is 4.37. The summed E-state index contributed by atoms with van der Waals surface area (Å²) in [6.45, 7) is 0.200. The van der Waals surface area contributed by atoms with Gasteiger partial charge in [-0.15, -0.1) is 10.2 Å². The molecule has 0 saturated carbocycles. The van der Waals surface area contributed by atoms with E-state index in [1.165, 1.54) is 18.5 Å². The fourth-order valence-electron chi connectivity index (χ4n) is 1.35. The molecule has 2 aromatic rings. The van der Waals surface area contributed by atoms with Gasteiger partial charge in [0.2, 0.25) is 0 Å². The molecule has 0 aliphatic rings. The number of nitrogens with one attached hydrogen (secondary N) is 1. The molecule has 90 valence electrons. The van der Waals surface area contributed by atoms with Gasteiger partial charge < -0.3 is 9.88 Å². The lowest BCUT2D eigenvalue weighted by atomic mass is 10.3. The largest absolute Gasteiger partial charge is 0.373 e. The van der Waals surface area contributed by atoms with Gasteiger partial charge in [-0.05, 0) is 12.1 Å². The standard InChI is InChI=1S/C10H9BrF2N4/c1-17-5-15-16-9(17)4-14-10-7(12)2-6(11)3-8(10)13/h2-3,5,14H,4H2,1H3. The normalized spacial score (nSPS) is 10.6. The fourth-order valence-corrected chi connectivity index (χ4v) is 1.75. The summed E-state index contributed by atoms with van der Waals surface area (Å²) in [6, 6.07) is 2.39. The maximum Gasteiger partial charge on any atom is 0.151 e. The topological polar surface area (TPSA) is 42.7 Å². The second-order valence-electron chi connectivity index (χ2n) is 3.46. The van der Waals surface area contributed by atoms with Gasteiger partial charge in [-0.25, -0.2) is 8.78 Å². The van der Waals surface area contributed by atoms with E-state index in [9.17, 15) is 8.78 Å². The number of rotatable bonds is 3. The molecule has 0 aliphatic carbocycles. The molecule has 17 heavy (non-hydrogen) atoms. The van der Waals surface area contributed by atoms with E-state index in [2.05, 4.69) is 31.4 Å². The van der Waals surface area contributed by atoms with Crippen molar-refractivity contribution in [2.45, 2.75) is 6.54 Å². The average Bonchev–Trinajstić information content (AvgIpc) is 2.62. The van der Waals surface area contributed by atoms with Gasteiger partial charge in [0.05, 0.1) is 6.54 Å². The van der Waals surface area contributed by atoms with Crippen LogP contribution in [0.1, 0.15) is 5.82 Å². The second kappa shape index (κ2) is 4.79. The third-order valence-corrected chi connectivity index (χ3v) is 2.69. The minimum atomic E-state index is -0.654. The lowest BCUT2D eigenvalue weighted by molar-refractivity contribution is 0.585. The number of aryl methyl sites for hydroxylation is 1. The first kappa shape index (κ1) is 12.0. The third-order valence-electron chi connectivity index (χ3n) is 2.24. The number of anilines is 1. The predicted octanol–water partition coefficient (Wildman–Crippen LogP) is 2.47. The summed E-state index contributed by atoms with van der Waals surface area (Å²) < 4.78 is 29.0. The number of aromatic nitrogens is 3. The Morgan fingerprint density at radius 3 is 2.53 bits per heavy atom. The number of benzene rings is 1. The van der Waals surface area contributed by atoms with Crippen LogP contribution in [0.2, 0.25) is 0 Å². The molecule has 0 saturated heterocycles. The van der Waals surface area contributed by atoms with Crippen molar-refractivity contribution in [2.75, 3.05) is 5.32 Å². The van der Waals surface area contributed by atoms with E-state index < -0.39 is 11.6 Å². The predicted molar refractivity (Wildman–Crippen MR) is 62.4 cm³/mol. The van der Waals surface area contributed by atoms with E-state index in [4.69, 9.17) is 0 Å². The van der Waals surface area contributed by atoms with Gasteiger partial charge in [0.15, 0.2) is 5.82 Å². The fraction of sp³-hybridized carbons (Fsp3) is 0.200. The molecule has 4 nitrogen and oxygen atoms in total. The van der Waals surface area contributed by atoms with Gasteiger partial charge >= 0.3 is 0 Å². The SMILES string of the molecule is Cn1cnnc1CNc1c(F)cc(Br)cc1F. The first-order valence-corrected chi connectivity index (χ1v) is 5.58. The van der Waals surface area contributed by atoms with E-state index in [1.54, 1.807) is 11.6 Å². The van der Waals surface area contributed by atoms with Crippen molar-refractivity contribution in [3.8, 4) is 0 Å². The lowest BCUT2D eigenvalue weighted by Gasteiger charge is -2.08. The molecule has 1 N–H and O–H groups in total. The van der Waals surface area contributed by atoms with Gasteiger partial charge in [0.1, 0.15) is 23.6 Å². The van der Waals surface area contributed by atoms with Crippen LogP contribution in [0.25, 0.3) is 0 Å². The Labute approximate surface area is 105 Å². The van der Waals surface area contributed by atoms with Crippen LogP contribution in [0.15, 0.2) is 22.9 Å². The molecule has 0 aliphatic heterocycles. The average molecular weight is 303 g/mol. The number of hydrogen-bond donors (Lipinski definition) is 1. The molecule has 0 atom stereocenters. The Kier molecular flexibility index (Phi) is 3.37. The maximum absolute atomic E-state index is 13.5. The molecular weight excluding hydrogens is 294 g/mol. The maximum atomic E-state index is 13.5. The van der Waals surface area contributed by atoms with Crippen molar-refractivity contribution in [1.82, 2.24) is 14.8 Å². The smallest absolute Gasteiger partial charge is 0.151 e. The van der Waals surface area contributed by atoms with Crippen LogP contribution in [0.5, 0.6) is 0 Å². The van der Waals surface area contributed by atoms with Crippen LogP contribution in [0.3, 0.4) is 0 Å². The summed E-state index contributed by atoms with van der Waals surface area (Å²) in [6.07, 6.45) is 1.52. The van der Waals surface area contributed by atoms with Crippen LogP contribution in [0, 0.1) is 11.6 Å². The van der Waals surface area contributed by atoms with Crippen LogP contribution >= 0.6 is 15.9 Å². The highest BCUT2D eigenvalue weighted by molar-refractivity contribution is 9.10. The summed E-state index contributed by atoms with van der Waals surface area (Å²) in [4.78, 5) is 0. The van der Waals surface area contributed by atoms with Crippen LogP contribution in [-0.4, -0.2) is 14.8 Å². The van der Waals surface area contributed by atoms with Crippen LogP contribution < -0.4 is 5.32 Å². The molecule has 7 heteroatoms. The Morgan fingerprint density at radius 2 is 2.00 bits per heavy atom. The zero-order valence-corrected chi connectivity index (χ0v) is 10.5. The van der Waals surface area contributed by atoms with Gasteiger partial charge in [0.25, 0.3) is 0 Å². The quantitative estimate of drug-likeness (QED) is 0.947. The highest BCUT2D eigenvalue weighted by atomic mass is 79.9. The molecule has 0 bridgehead atoms. The molecule has 0 radical (unpaired) electrons. The van der Waals surface area contributed by atoms with Crippen molar-refractivity contribution in [2.24, 2.45) is 7.05 Å². The van der Waals surface area contributed by atoms with E-state index >= 15 is 0 Å². The summed E-state index contributed by atoms with van der Waals surface area (Å²) in [7, 11) is 1.76. The van der Waals surface area contributed by atoms with Crippen molar-refractivity contribution < 1.29 is 8.78 Å². The van der Waals surface area contributed by atoms with Crippen molar-refractivity contribution in [3.63, 3.8) is 0 Å². The zero-order chi connectivity index (χ0) is 12.4. The Balaban J connectivity index is 2.17. The van der Waals surface area contributed by atoms with Crippen molar-refractivity contribution in [3.05, 3.63) is 40.4 Å². The van der Waals surface area contributed by atoms with Crippen LogP contribution in [0.4, 0.5) is 14.5 Å². The lowest BCUT2D eigenvalue weighted by Crippen LogP contribution is -2.08. The Bertz CT molecular complexity index is 518. The Hall–Kier alpha value is -1.50. The molecule has 2 rings (SSSR count). The minimum absolute atomic E-state index is 0.170. The summed E-state index contributed by atoms with van der Waals surface area (Å²) in [5, 5.41) is 10.1.